The summed E-state index contributed by atoms with van der Waals surface area (Å²) in [4.78, 5) is 14.7. The van der Waals surface area contributed by atoms with Gasteiger partial charge < -0.3 is 15.3 Å². The van der Waals surface area contributed by atoms with E-state index in [1.54, 1.807) is 6.07 Å². The largest absolute Gasteiger partial charge is 0.504 e. The summed E-state index contributed by atoms with van der Waals surface area (Å²) in [5, 5.41) is 27.8. The second-order valence-corrected chi connectivity index (χ2v) is 4.31. The molecule has 6 heteroatoms. The molecule has 0 saturated heterocycles. The number of hydrogen-bond acceptors (Lipinski definition) is 5. The maximum absolute atomic E-state index is 10.7. The highest BCUT2D eigenvalue weighted by Crippen LogP contribution is 2.29. The number of carboxylic acids is 1. The second-order valence-electron chi connectivity index (χ2n) is 3.30. The van der Waals surface area contributed by atoms with E-state index in [0.717, 1.165) is 0 Å². The molecule has 84 valence electrons. The molecule has 1 heterocycles. The van der Waals surface area contributed by atoms with Crippen LogP contribution in [-0.4, -0.2) is 38.1 Å². The van der Waals surface area contributed by atoms with Crippen molar-refractivity contribution < 1.29 is 20.1 Å². The summed E-state index contributed by atoms with van der Waals surface area (Å²) in [5.41, 5.74) is 0.615. The van der Waals surface area contributed by atoms with Gasteiger partial charge in [0.05, 0.1) is 5.04 Å². The number of thioether (sulfide) groups is 1. The molecule has 0 radical (unpaired) electrons. The zero-order valence-corrected chi connectivity index (χ0v) is 8.94. The Hall–Kier alpha value is -1.69. The van der Waals surface area contributed by atoms with Gasteiger partial charge in [0.1, 0.15) is 0 Å². The van der Waals surface area contributed by atoms with Crippen LogP contribution in [0.5, 0.6) is 11.5 Å². The summed E-state index contributed by atoms with van der Waals surface area (Å²) in [5.74, 6) is -1.00. The summed E-state index contributed by atoms with van der Waals surface area (Å²) in [7, 11) is 0. The van der Waals surface area contributed by atoms with Crippen LogP contribution in [0, 0.1) is 0 Å². The molecule has 0 aromatic heterocycles. The summed E-state index contributed by atoms with van der Waals surface area (Å²) < 4.78 is 0. The maximum Gasteiger partial charge on any atom is 0.329 e. The average molecular weight is 239 g/mol. The van der Waals surface area contributed by atoms with Crippen molar-refractivity contribution in [2.75, 3.05) is 5.75 Å². The van der Waals surface area contributed by atoms with E-state index in [9.17, 15) is 9.90 Å². The highest BCUT2D eigenvalue weighted by atomic mass is 32.2. The number of phenolic OH excluding ortho intramolecular Hbond substituents is 2. The zero-order chi connectivity index (χ0) is 11.7. The van der Waals surface area contributed by atoms with Gasteiger partial charge in [0.2, 0.25) is 0 Å². The Balaban J connectivity index is 2.29. The van der Waals surface area contributed by atoms with Crippen LogP contribution in [-0.2, 0) is 4.79 Å². The van der Waals surface area contributed by atoms with Gasteiger partial charge >= 0.3 is 5.97 Å². The van der Waals surface area contributed by atoms with Gasteiger partial charge in [-0.3, -0.25) is 4.99 Å². The van der Waals surface area contributed by atoms with Gasteiger partial charge in [-0.15, -0.1) is 11.8 Å². The number of hydrogen-bond donors (Lipinski definition) is 3. The van der Waals surface area contributed by atoms with Gasteiger partial charge in [0.25, 0.3) is 0 Å². The monoisotopic (exact) mass is 239 g/mol. The number of rotatable bonds is 2. The molecule has 0 saturated carbocycles. The van der Waals surface area contributed by atoms with Crippen LogP contribution in [0.15, 0.2) is 23.2 Å². The van der Waals surface area contributed by atoms with Crippen LogP contribution >= 0.6 is 11.8 Å². The van der Waals surface area contributed by atoms with E-state index in [-0.39, 0.29) is 11.5 Å². The van der Waals surface area contributed by atoms with Crippen molar-refractivity contribution in [3.8, 4) is 11.5 Å². The molecule has 0 bridgehead atoms. The van der Waals surface area contributed by atoms with E-state index in [1.807, 2.05) is 0 Å². The van der Waals surface area contributed by atoms with Crippen LogP contribution in [0.2, 0.25) is 0 Å². The molecule has 0 fully saturated rings. The first-order valence-corrected chi connectivity index (χ1v) is 5.52. The average Bonchev–Trinajstić information content (AvgIpc) is 2.71. The lowest BCUT2D eigenvalue weighted by Gasteiger charge is -2.01. The normalized spacial score (nSPS) is 19.5. The van der Waals surface area contributed by atoms with Crippen LogP contribution in [0.3, 0.4) is 0 Å². The fourth-order valence-corrected chi connectivity index (χ4v) is 2.34. The summed E-state index contributed by atoms with van der Waals surface area (Å²) in [6.45, 7) is 0. The van der Waals surface area contributed by atoms with Crippen molar-refractivity contribution in [3.63, 3.8) is 0 Å². The van der Waals surface area contributed by atoms with E-state index in [1.165, 1.54) is 23.9 Å². The summed E-state index contributed by atoms with van der Waals surface area (Å²) in [6, 6.07) is 3.58. The summed E-state index contributed by atoms with van der Waals surface area (Å²) in [6.07, 6.45) is 0. The van der Waals surface area contributed by atoms with Gasteiger partial charge in [0, 0.05) is 11.3 Å². The molecule has 16 heavy (non-hydrogen) atoms. The Labute approximate surface area is 95.4 Å². The third-order valence-electron chi connectivity index (χ3n) is 2.16. The van der Waals surface area contributed by atoms with Crippen molar-refractivity contribution in [3.05, 3.63) is 23.8 Å². The molecule has 5 nitrogen and oxygen atoms in total. The lowest BCUT2D eigenvalue weighted by molar-refractivity contribution is -0.137. The molecule has 0 unspecified atom stereocenters. The topological polar surface area (TPSA) is 90.1 Å². The summed E-state index contributed by atoms with van der Waals surface area (Å²) >= 11 is 1.32. The molecule has 0 aliphatic carbocycles. The minimum absolute atomic E-state index is 0.206. The lowest BCUT2D eigenvalue weighted by atomic mass is 10.2. The number of nitrogens with zero attached hydrogens (tertiary/aromatic N) is 1. The van der Waals surface area contributed by atoms with Gasteiger partial charge in [-0.2, -0.15) is 0 Å². The number of carboxylic acid groups (broad SMARTS) is 1. The molecule has 2 rings (SSSR count). The maximum atomic E-state index is 10.7. The van der Waals surface area contributed by atoms with Crippen molar-refractivity contribution in [1.29, 1.82) is 0 Å². The lowest BCUT2D eigenvalue weighted by Crippen LogP contribution is -2.17. The Kier molecular flexibility index (Phi) is 2.74. The predicted molar refractivity (Wildman–Crippen MR) is 60.2 cm³/mol. The smallest absolute Gasteiger partial charge is 0.329 e. The Morgan fingerprint density at radius 3 is 2.69 bits per heavy atom. The molecule has 1 aromatic rings. The van der Waals surface area contributed by atoms with Crippen molar-refractivity contribution >= 4 is 22.8 Å². The van der Waals surface area contributed by atoms with E-state index in [0.29, 0.717) is 16.4 Å². The van der Waals surface area contributed by atoms with Gasteiger partial charge in [-0.05, 0) is 18.2 Å². The zero-order valence-electron chi connectivity index (χ0n) is 8.12. The second kappa shape index (κ2) is 4.05. The number of aliphatic imine (C=N–C) groups is 1. The van der Waals surface area contributed by atoms with Crippen LogP contribution in [0.25, 0.3) is 0 Å². The van der Waals surface area contributed by atoms with Crippen molar-refractivity contribution in [2.24, 2.45) is 4.99 Å². The van der Waals surface area contributed by atoms with Crippen molar-refractivity contribution in [2.45, 2.75) is 6.04 Å². The van der Waals surface area contributed by atoms with Gasteiger partial charge in [-0.25, -0.2) is 4.79 Å². The first-order valence-electron chi connectivity index (χ1n) is 4.53. The van der Waals surface area contributed by atoms with Crippen LogP contribution in [0.4, 0.5) is 0 Å². The number of aliphatic carboxylic acids is 1. The fraction of sp³-hybridized carbons (Fsp3) is 0.200. The molecule has 1 aromatic carbocycles. The minimum atomic E-state index is -0.953. The molecule has 0 amide bonds. The third-order valence-corrected chi connectivity index (χ3v) is 3.26. The van der Waals surface area contributed by atoms with Gasteiger partial charge in [-0.1, -0.05) is 0 Å². The van der Waals surface area contributed by atoms with E-state index >= 15 is 0 Å². The number of aromatic hydroxyl groups is 2. The molecule has 0 spiro atoms. The van der Waals surface area contributed by atoms with Crippen LogP contribution in [0.1, 0.15) is 5.56 Å². The molecular formula is C10H9NO4S. The number of benzene rings is 1. The Bertz CT molecular complexity index is 472. The standard InChI is InChI=1S/C10H9NO4S/c12-7-2-1-5(3-8(7)13)9-11-6(4-16-9)10(14)15/h1-3,6,12-13H,4H2,(H,14,15)/t6-/m0/s1. The molecule has 1 aliphatic rings. The SMILES string of the molecule is O=C(O)[C@@H]1CSC(c2ccc(O)c(O)c2)=N1. The first-order chi connectivity index (χ1) is 7.58. The molecular weight excluding hydrogens is 230 g/mol. The van der Waals surface area contributed by atoms with E-state index in [2.05, 4.69) is 4.99 Å². The van der Waals surface area contributed by atoms with E-state index in [4.69, 9.17) is 10.2 Å². The van der Waals surface area contributed by atoms with Crippen molar-refractivity contribution in [1.82, 2.24) is 0 Å². The Morgan fingerprint density at radius 2 is 2.12 bits per heavy atom. The molecule has 3 N–H and O–H groups in total. The predicted octanol–water partition coefficient (Wildman–Crippen LogP) is 1.04. The van der Waals surface area contributed by atoms with Crippen LogP contribution < -0.4 is 0 Å². The number of carbonyl (C=O) groups is 1. The third kappa shape index (κ3) is 1.96. The van der Waals surface area contributed by atoms with E-state index < -0.39 is 12.0 Å². The molecule has 1 atom stereocenters. The fourth-order valence-electron chi connectivity index (χ4n) is 1.31. The highest BCUT2D eigenvalue weighted by Gasteiger charge is 2.25. The molecule has 1 aliphatic heterocycles. The first kappa shape index (κ1) is 10.8. The highest BCUT2D eigenvalue weighted by molar-refractivity contribution is 8.14. The van der Waals surface area contributed by atoms with Gasteiger partial charge in [0.15, 0.2) is 17.5 Å². The number of phenols is 2. The minimum Gasteiger partial charge on any atom is -0.504 e. The Morgan fingerprint density at radius 1 is 1.38 bits per heavy atom. The quantitative estimate of drug-likeness (QED) is 0.671.